The van der Waals surface area contributed by atoms with Gasteiger partial charge in [0, 0.05) is 22.1 Å². The third-order valence-electron chi connectivity index (χ3n) is 2.60. The third kappa shape index (κ3) is 1.62. The fraction of sp³-hybridized carbons (Fsp3) is 0.333. The largest absolute Gasteiger partial charge is 0.347 e. The van der Waals surface area contributed by atoms with Crippen LogP contribution in [0.3, 0.4) is 0 Å². The maximum atomic E-state index is 2.30. The van der Waals surface area contributed by atoms with Gasteiger partial charge in [-0.3, -0.25) is 0 Å². The summed E-state index contributed by atoms with van der Waals surface area (Å²) in [5.41, 5.74) is 1.45. The van der Waals surface area contributed by atoms with Crippen LogP contribution in [-0.4, -0.2) is 4.57 Å². The molecule has 2 aromatic heterocycles. The minimum atomic E-state index is 0.454. The summed E-state index contributed by atoms with van der Waals surface area (Å²) in [6, 6.07) is 6.90. The highest BCUT2D eigenvalue weighted by molar-refractivity contribution is 7.12. The van der Waals surface area contributed by atoms with Gasteiger partial charge in [0.1, 0.15) is 0 Å². The molecule has 1 nitrogen and oxygen atoms in total. The topological polar surface area (TPSA) is 4.93 Å². The zero-order valence-corrected chi connectivity index (χ0v) is 9.64. The lowest BCUT2D eigenvalue weighted by atomic mass is 10.1. The molecular formula is C12H15NS. The Morgan fingerprint density at radius 2 is 1.86 bits per heavy atom. The molecule has 2 heterocycles. The number of rotatable bonds is 2. The molecule has 0 aliphatic carbocycles. The summed E-state index contributed by atoms with van der Waals surface area (Å²) in [5, 5.41) is 0. The molecule has 0 saturated carbocycles. The maximum absolute atomic E-state index is 2.30. The van der Waals surface area contributed by atoms with E-state index >= 15 is 0 Å². The standard InChI is InChI=1S/C12H15NS/c1-9-8-12(11(3)14-9)10(2)13-6-4-5-7-13/h4-8,10H,1-3H3. The highest BCUT2D eigenvalue weighted by Crippen LogP contribution is 2.28. The number of aryl methyl sites for hydroxylation is 2. The van der Waals surface area contributed by atoms with Crippen LogP contribution in [0, 0.1) is 13.8 Å². The summed E-state index contributed by atoms with van der Waals surface area (Å²) >= 11 is 1.88. The highest BCUT2D eigenvalue weighted by atomic mass is 32.1. The van der Waals surface area contributed by atoms with Crippen molar-refractivity contribution in [2.45, 2.75) is 26.8 Å². The van der Waals surface area contributed by atoms with Crippen LogP contribution in [0.2, 0.25) is 0 Å². The van der Waals surface area contributed by atoms with Crippen molar-refractivity contribution in [1.82, 2.24) is 4.57 Å². The second-order valence-corrected chi connectivity index (χ2v) is 5.14. The molecule has 0 N–H and O–H groups in total. The molecule has 2 heteroatoms. The number of thiophene rings is 1. The number of nitrogens with zero attached hydrogens (tertiary/aromatic N) is 1. The Kier molecular flexibility index (Phi) is 2.46. The van der Waals surface area contributed by atoms with E-state index in [0.717, 1.165) is 0 Å². The minimum absolute atomic E-state index is 0.454. The number of aromatic nitrogens is 1. The molecule has 0 bridgehead atoms. The van der Waals surface area contributed by atoms with Gasteiger partial charge in [0.05, 0.1) is 6.04 Å². The lowest BCUT2D eigenvalue weighted by Crippen LogP contribution is -2.03. The average Bonchev–Trinajstić information content (AvgIpc) is 2.73. The molecule has 0 fully saturated rings. The second kappa shape index (κ2) is 3.62. The van der Waals surface area contributed by atoms with E-state index in [1.165, 1.54) is 15.3 Å². The van der Waals surface area contributed by atoms with Gasteiger partial charge in [-0.25, -0.2) is 0 Å². The van der Waals surface area contributed by atoms with Crippen molar-refractivity contribution in [3.8, 4) is 0 Å². The molecule has 0 spiro atoms. The van der Waals surface area contributed by atoms with Crippen molar-refractivity contribution in [1.29, 1.82) is 0 Å². The van der Waals surface area contributed by atoms with E-state index < -0.39 is 0 Å². The third-order valence-corrected chi connectivity index (χ3v) is 3.59. The molecule has 1 atom stereocenters. The van der Waals surface area contributed by atoms with Gasteiger partial charge in [-0.2, -0.15) is 0 Å². The molecule has 0 amide bonds. The molecule has 2 rings (SSSR count). The van der Waals surface area contributed by atoms with Gasteiger partial charge in [0.25, 0.3) is 0 Å². The Morgan fingerprint density at radius 1 is 1.21 bits per heavy atom. The first-order valence-corrected chi connectivity index (χ1v) is 5.69. The summed E-state index contributed by atoms with van der Waals surface area (Å²) < 4.78 is 2.24. The summed E-state index contributed by atoms with van der Waals surface area (Å²) in [5.74, 6) is 0. The Bertz CT molecular complexity index is 411. The first-order valence-electron chi connectivity index (χ1n) is 4.88. The fourth-order valence-electron chi connectivity index (χ4n) is 1.83. The van der Waals surface area contributed by atoms with Gasteiger partial charge < -0.3 is 4.57 Å². The molecule has 0 aliphatic rings. The molecule has 1 unspecified atom stereocenters. The molecule has 14 heavy (non-hydrogen) atoms. The van der Waals surface area contributed by atoms with E-state index in [4.69, 9.17) is 0 Å². The van der Waals surface area contributed by atoms with Gasteiger partial charge >= 0.3 is 0 Å². The zero-order valence-electron chi connectivity index (χ0n) is 8.82. The SMILES string of the molecule is Cc1cc(C(C)n2cccc2)c(C)s1. The van der Waals surface area contributed by atoms with E-state index in [9.17, 15) is 0 Å². The van der Waals surface area contributed by atoms with Gasteiger partial charge in [-0.05, 0) is 44.5 Å². The van der Waals surface area contributed by atoms with Gasteiger partial charge in [-0.15, -0.1) is 11.3 Å². The van der Waals surface area contributed by atoms with Crippen LogP contribution in [0.4, 0.5) is 0 Å². The van der Waals surface area contributed by atoms with Gasteiger partial charge in [0.15, 0.2) is 0 Å². The fourth-order valence-corrected chi connectivity index (χ4v) is 2.85. The summed E-state index contributed by atoms with van der Waals surface area (Å²) in [6.45, 7) is 6.62. The zero-order chi connectivity index (χ0) is 10.1. The van der Waals surface area contributed by atoms with Crippen molar-refractivity contribution >= 4 is 11.3 Å². The monoisotopic (exact) mass is 205 g/mol. The lowest BCUT2D eigenvalue weighted by molar-refractivity contribution is 0.642. The average molecular weight is 205 g/mol. The predicted molar refractivity (Wildman–Crippen MR) is 62.0 cm³/mol. The van der Waals surface area contributed by atoms with Crippen molar-refractivity contribution in [3.63, 3.8) is 0 Å². The molecular weight excluding hydrogens is 190 g/mol. The molecule has 0 aliphatic heterocycles. The number of hydrogen-bond acceptors (Lipinski definition) is 1. The van der Waals surface area contributed by atoms with Gasteiger partial charge in [-0.1, -0.05) is 0 Å². The first kappa shape index (κ1) is 9.53. The van der Waals surface area contributed by atoms with Crippen LogP contribution in [0.5, 0.6) is 0 Å². The van der Waals surface area contributed by atoms with E-state index in [0.29, 0.717) is 6.04 Å². The Hall–Kier alpha value is -1.02. The summed E-state index contributed by atoms with van der Waals surface area (Å²) in [4.78, 5) is 2.83. The van der Waals surface area contributed by atoms with E-state index in [-0.39, 0.29) is 0 Å². The van der Waals surface area contributed by atoms with Crippen molar-refractivity contribution in [2.24, 2.45) is 0 Å². The summed E-state index contributed by atoms with van der Waals surface area (Å²) in [6.07, 6.45) is 4.24. The normalized spacial score (nSPS) is 13.1. The Labute approximate surface area is 89.0 Å². The number of hydrogen-bond donors (Lipinski definition) is 0. The molecule has 2 aromatic rings. The van der Waals surface area contributed by atoms with Crippen LogP contribution < -0.4 is 0 Å². The Balaban J connectivity index is 2.36. The smallest absolute Gasteiger partial charge is 0.0562 e. The molecule has 74 valence electrons. The predicted octanol–water partition coefficient (Wildman–Crippen LogP) is 3.78. The van der Waals surface area contributed by atoms with Crippen LogP contribution in [0.15, 0.2) is 30.6 Å². The lowest BCUT2D eigenvalue weighted by Gasteiger charge is -2.13. The maximum Gasteiger partial charge on any atom is 0.0562 e. The van der Waals surface area contributed by atoms with Crippen molar-refractivity contribution in [3.05, 3.63) is 45.9 Å². The minimum Gasteiger partial charge on any atom is -0.347 e. The van der Waals surface area contributed by atoms with Crippen LogP contribution in [0.25, 0.3) is 0 Å². The quantitative estimate of drug-likeness (QED) is 0.703. The van der Waals surface area contributed by atoms with Gasteiger partial charge in [0.2, 0.25) is 0 Å². The van der Waals surface area contributed by atoms with Crippen LogP contribution >= 0.6 is 11.3 Å². The molecule has 0 aromatic carbocycles. The van der Waals surface area contributed by atoms with E-state index in [2.05, 4.69) is 55.9 Å². The second-order valence-electron chi connectivity index (χ2n) is 3.67. The van der Waals surface area contributed by atoms with Crippen LogP contribution in [0.1, 0.15) is 28.3 Å². The van der Waals surface area contributed by atoms with Crippen molar-refractivity contribution in [2.75, 3.05) is 0 Å². The van der Waals surface area contributed by atoms with Crippen molar-refractivity contribution < 1.29 is 0 Å². The first-order chi connectivity index (χ1) is 6.68. The molecule has 0 saturated heterocycles. The highest BCUT2D eigenvalue weighted by Gasteiger charge is 2.11. The molecule has 0 radical (unpaired) electrons. The van der Waals surface area contributed by atoms with E-state index in [1.54, 1.807) is 0 Å². The summed E-state index contributed by atoms with van der Waals surface area (Å²) in [7, 11) is 0. The van der Waals surface area contributed by atoms with E-state index in [1.807, 2.05) is 11.3 Å². The Morgan fingerprint density at radius 3 is 2.36 bits per heavy atom. The van der Waals surface area contributed by atoms with Crippen LogP contribution in [-0.2, 0) is 0 Å².